The zero-order valence-corrected chi connectivity index (χ0v) is 11.4. The topological polar surface area (TPSA) is 29.1 Å². The van der Waals surface area contributed by atoms with Crippen LogP contribution in [-0.2, 0) is 11.2 Å². The van der Waals surface area contributed by atoms with E-state index in [0.717, 1.165) is 4.88 Å². The normalized spacial score (nSPS) is 10.7. The minimum Gasteiger partial charge on any atom is -0.326 e. The number of halogens is 2. The summed E-state index contributed by atoms with van der Waals surface area (Å²) in [6.45, 7) is 0. The third-order valence-electron chi connectivity index (χ3n) is 2.28. The van der Waals surface area contributed by atoms with Crippen LogP contribution in [0.1, 0.15) is 4.88 Å². The first-order chi connectivity index (χ1) is 9.13. The van der Waals surface area contributed by atoms with Gasteiger partial charge in [0.05, 0.1) is 6.42 Å². The van der Waals surface area contributed by atoms with Gasteiger partial charge in [0.15, 0.2) is 0 Å². The number of hydrogen-bond donors (Lipinski definition) is 1. The van der Waals surface area contributed by atoms with Crippen LogP contribution in [0.4, 0.5) is 14.5 Å². The Bertz CT molecular complexity index is 526. The number of rotatable bonds is 5. The lowest BCUT2D eigenvalue weighted by atomic mass is 10.3. The van der Waals surface area contributed by atoms with Crippen molar-refractivity contribution in [3.05, 3.63) is 46.7 Å². The Morgan fingerprint density at radius 2 is 2.00 bits per heavy atom. The molecule has 2 nitrogen and oxygen atoms in total. The van der Waals surface area contributed by atoms with Crippen LogP contribution in [0.5, 0.6) is 0 Å². The molecular weight excluding hydrogens is 288 g/mol. The molecule has 0 aliphatic rings. The van der Waals surface area contributed by atoms with E-state index < -0.39 is 5.76 Å². The smallest absolute Gasteiger partial charge is 0.288 e. The van der Waals surface area contributed by atoms with Gasteiger partial charge in [0.25, 0.3) is 5.76 Å². The molecule has 2 aromatic rings. The maximum Gasteiger partial charge on any atom is 0.288 e. The van der Waals surface area contributed by atoms with Crippen molar-refractivity contribution < 1.29 is 13.6 Å². The summed E-state index contributed by atoms with van der Waals surface area (Å²) in [6, 6.07) is 10.2. The zero-order chi connectivity index (χ0) is 13.7. The molecule has 100 valence electrons. The lowest BCUT2D eigenvalue weighted by Crippen LogP contribution is -2.13. The summed E-state index contributed by atoms with van der Waals surface area (Å²) in [5, 5.41) is 4.65. The molecule has 0 saturated carbocycles. The Morgan fingerprint density at radius 1 is 1.26 bits per heavy atom. The number of nitrogens with one attached hydrogen (secondary N) is 1. The predicted octanol–water partition coefficient (Wildman–Crippen LogP) is 4.24. The largest absolute Gasteiger partial charge is 0.326 e. The molecule has 19 heavy (non-hydrogen) atoms. The first kappa shape index (κ1) is 14.0. The third kappa shape index (κ3) is 4.65. The van der Waals surface area contributed by atoms with Crippen LogP contribution >= 0.6 is 23.1 Å². The SMILES string of the molecule is O=C(Cc1cccs1)Nc1ccc(SC(F)F)cc1. The van der Waals surface area contributed by atoms with Crippen LogP contribution in [0, 0.1) is 0 Å². The van der Waals surface area contributed by atoms with E-state index in [0.29, 0.717) is 28.8 Å². The van der Waals surface area contributed by atoms with Crippen molar-refractivity contribution in [3.63, 3.8) is 0 Å². The van der Waals surface area contributed by atoms with Crippen molar-refractivity contribution in [1.82, 2.24) is 0 Å². The van der Waals surface area contributed by atoms with Gasteiger partial charge in [-0.2, -0.15) is 8.78 Å². The zero-order valence-electron chi connectivity index (χ0n) is 9.81. The molecule has 1 heterocycles. The molecule has 1 N–H and O–H groups in total. The molecule has 1 aromatic heterocycles. The fraction of sp³-hybridized carbons (Fsp3) is 0.154. The van der Waals surface area contributed by atoms with Crippen molar-refractivity contribution in [2.24, 2.45) is 0 Å². The molecule has 6 heteroatoms. The molecule has 1 amide bonds. The lowest BCUT2D eigenvalue weighted by molar-refractivity contribution is -0.115. The highest BCUT2D eigenvalue weighted by Crippen LogP contribution is 2.26. The van der Waals surface area contributed by atoms with E-state index >= 15 is 0 Å². The number of hydrogen-bond acceptors (Lipinski definition) is 3. The van der Waals surface area contributed by atoms with Gasteiger partial charge in [0.2, 0.25) is 5.91 Å². The van der Waals surface area contributed by atoms with Crippen LogP contribution in [0.3, 0.4) is 0 Å². The first-order valence-corrected chi connectivity index (χ1v) is 7.26. The Balaban J connectivity index is 1.90. The fourth-order valence-corrected chi connectivity index (χ4v) is 2.70. The minimum absolute atomic E-state index is 0.114. The van der Waals surface area contributed by atoms with E-state index in [2.05, 4.69) is 5.32 Å². The predicted molar refractivity (Wildman–Crippen MR) is 75.0 cm³/mol. The lowest BCUT2D eigenvalue weighted by Gasteiger charge is -2.05. The van der Waals surface area contributed by atoms with Crippen molar-refractivity contribution in [2.45, 2.75) is 17.1 Å². The van der Waals surface area contributed by atoms with E-state index in [1.807, 2.05) is 17.5 Å². The fourth-order valence-electron chi connectivity index (χ4n) is 1.50. The van der Waals surface area contributed by atoms with Gasteiger partial charge in [0.1, 0.15) is 0 Å². The molecule has 0 spiro atoms. The number of anilines is 1. The number of thiophene rings is 1. The second-order valence-corrected chi connectivity index (χ2v) is 5.80. The molecule has 0 bridgehead atoms. The molecule has 0 radical (unpaired) electrons. The van der Waals surface area contributed by atoms with Gasteiger partial charge in [-0.25, -0.2) is 0 Å². The van der Waals surface area contributed by atoms with Crippen molar-refractivity contribution in [3.8, 4) is 0 Å². The van der Waals surface area contributed by atoms with Crippen molar-refractivity contribution >= 4 is 34.7 Å². The summed E-state index contributed by atoms with van der Waals surface area (Å²) in [6.07, 6.45) is 0.325. The molecule has 0 fully saturated rings. The van der Waals surface area contributed by atoms with Gasteiger partial charge in [-0.05, 0) is 35.7 Å². The maximum atomic E-state index is 12.1. The van der Waals surface area contributed by atoms with Gasteiger partial charge in [0, 0.05) is 15.5 Å². The summed E-state index contributed by atoms with van der Waals surface area (Å²) in [5.74, 6) is -2.55. The average Bonchev–Trinajstić information content (AvgIpc) is 2.83. The van der Waals surface area contributed by atoms with E-state index in [-0.39, 0.29) is 5.91 Å². The molecule has 0 aliphatic carbocycles. The van der Waals surface area contributed by atoms with Crippen LogP contribution in [0.25, 0.3) is 0 Å². The summed E-state index contributed by atoms with van der Waals surface area (Å²) < 4.78 is 24.3. The molecule has 2 rings (SSSR count). The highest BCUT2D eigenvalue weighted by molar-refractivity contribution is 7.99. The van der Waals surface area contributed by atoms with Gasteiger partial charge in [-0.15, -0.1) is 11.3 Å². The van der Waals surface area contributed by atoms with Crippen LogP contribution < -0.4 is 5.32 Å². The monoisotopic (exact) mass is 299 g/mol. The van der Waals surface area contributed by atoms with Crippen LogP contribution in [-0.4, -0.2) is 11.7 Å². The highest BCUT2D eigenvalue weighted by atomic mass is 32.2. The summed E-state index contributed by atoms with van der Waals surface area (Å²) in [7, 11) is 0. The van der Waals surface area contributed by atoms with E-state index in [9.17, 15) is 13.6 Å². The second kappa shape index (κ2) is 6.68. The number of amides is 1. The van der Waals surface area contributed by atoms with Crippen LogP contribution in [0.15, 0.2) is 46.7 Å². The summed E-state index contributed by atoms with van der Waals surface area (Å²) in [4.78, 5) is 13.2. The van der Waals surface area contributed by atoms with Crippen molar-refractivity contribution in [2.75, 3.05) is 5.32 Å². The van der Waals surface area contributed by atoms with Gasteiger partial charge < -0.3 is 5.32 Å². The number of thioether (sulfide) groups is 1. The number of benzene rings is 1. The van der Waals surface area contributed by atoms with Crippen LogP contribution in [0.2, 0.25) is 0 Å². The number of carbonyl (C=O) groups is 1. The standard InChI is InChI=1S/C13H11F2NOS2/c14-13(15)19-10-5-3-9(4-6-10)16-12(17)8-11-2-1-7-18-11/h1-7,13H,8H2,(H,16,17). The minimum atomic E-state index is -2.43. The van der Waals surface area contributed by atoms with Gasteiger partial charge in [-0.3, -0.25) is 4.79 Å². The third-order valence-corrected chi connectivity index (χ3v) is 3.88. The van der Waals surface area contributed by atoms with E-state index in [1.165, 1.54) is 11.3 Å². The molecule has 0 atom stereocenters. The summed E-state index contributed by atoms with van der Waals surface area (Å²) >= 11 is 2.01. The summed E-state index contributed by atoms with van der Waals surface area (Å²) in [5.41, 5.74) is 0.611. The van der Waals surface area contributed by atoms with Gasteiger partial charge >= 0.3 is 0 Å². The number of carbonyl (C=O) groups excluding carboxylic acids is 1. The van der Waals surface area contributed by atoms with Gasteiger partial charge in [-0.1, -0.05) is 17.8 Å². The molecule has 0 saturated heterocycles. The molecular formula is C13H11F2NOS2. The Hall–Kier alpha value is -1.40. The Kier molecular flexibility index (Phi) is 4.93. The number of alkyl halides is 2. The molecule has 0 unspecified atom stereocenters. The van der Waals surface area contributed by atoms with E-state index in [1.54, 1.807) is 24.3 Å². The van der Waals surface area contributed by atoms with E-state index in [4.69, 9.17) is 0 Å². The quantitative estimate of drug-likeness (QED) is 0.837. The molecule has 1 aromatic carbocycles. The Labute approximate surface area is 117 Å². The van der Waals surface area contributed by atoms with Crippen molar-refractivity contribution in [1.29, 1.82) is 0 Å². The Morgan fingerprint density at radius 3 is 2.58 bits per heavy atom. The maximum absolute atomic E-state index is 12.1. The first-order valence-electron chi connectivity index (χ1n) is 5.50. The highest BCUT2D eigenvalue weighted by Gasteiger charge is 2.07. The second-order valence-electron chi connectivity index (χ2n) is 3.71. The molecule has 0 aliphatic heterocycles. The average molecular weight is 299 g/mol.